The predicted molar refractivity (Wildman–Crippen MR) is 90.3 cm³/mol. The Balaban J connectivity index is 1.74. The molecule has 1 aromatic carbocycles. The summed E-state index contributed by atoms with van der Waals surface area (Å²) in [6.07, 6.45) is 1.54. The minimum atomic E-state index is -0.362. The molecule has 0 unspecified atom stereocenters. The molecule has 0 saturated heterocycles. The molecule has 2 amide bonds. The lowest BCUT2D eigenvalue weighted by atomic mass is 10.2. The van der Waals surface area contributed by atoms with Crippen LogP contribution in [-0.4, -0.2) is 44.2 Å². The number of methoxy groups -OCH3 is 2. The fourth-order valence-electron chi connectivity index (χ4n) is 2.45. The van der Waals surface area contributed by atoms with Crippen molar-refractivity contribution in [2.45, 2.75) is 0 Å². The summed E-state index contributed by atoms with van der Waals surface area (Å²) in [5, 5.41) is 2.73. The van der Waals surface area contributed by atoms with Gasteiger partial charge in [-0.1, -0.05) is 0 Å². The first-order chi connectivity index (χ1) is 12.1. The molecular weight excluding hydrogens is 326 g/mol. The SMILES string of the molecule is COc1ccc(NC(=O)CN2C(=O)COc3cccnc32)cc1OC. The van der Waals surface area contributed by atoms with Gasteiger partial charge in [0, 0.05) is 18.0 Å². The van der Waals surface area contributed by atoms with Gasteiger partial charge >= 0.3 is 0 Å². The molecule has 0 saturated carbocycles. The zero-order chi connectivity index (χ0) is 17.8. The number of aromatic nitrogens is 1. The molecule has 0 fully saturated rings. The van der Waals surface area contributed by atoms with Crippen molar-refractivity contribution in [3.8, 4) is 17.2 Å². The van der Waals surface area contributed by atoms with Gasteiger partial charge in [-0.15, -0.1) is 0 Å². The van der Waals surface area contributed by atoms with E-state index in [0.29, 0.717) is 28.8 Å². The van der Waals surface area contributed by atoms with E-state index in [1.165, 1.54) is 19.1 Å². The van der Waals surface area contributed by atoms with Gasteiger partial charge in [-0.2, -0.15) is 0 Å². The van der Waals surface area contributed by atoms with E-state index in [0.717, 1.165) is 0 Å². The van der Waals surface area contributed by atoms with Gasteiger partial charge in [0.25, 0.3) is 5.91 Å². The molecule has 25 heavy (non-hydrogen) atoms. The number of carbonyl (C=O) groups excluding carboxylic acids is 2. The van der Waals surface area contributed by atoms with Crippen LogP contribution in [0.15, 0.2) is 36.5 Å². The number of anilines is 2. The average Bonchev–Trinajstić information content (AvgIpc) is 2.64. The van der Waals surface area contributed by atoms with Crippen molar-refractivity contribution in [3.05, 3.63) is 36.5 Å². The Morgan fingerprint density at radius 2 is 2.08 bits per heavy atom. The standard InChI is InChI=1S/C17H17N3O5/c1-23-12-6-5-11(8-14(12)24-2)19-15(21)9-20-16(22)10-25-13-4-3-7-18-17(13)20/h3-8H,9-10H2,1-2H3,(H,19,21). The third-order valence-electron chi connectivity index (χ3n) is 3.63. The maximum absolute atomic E-state index is 12.3. The quantitative estimate of drug-likeness (QED) is 0.884. The highest BCUT2D eigenvalue weighted by molar-refractivity contribution is 6.04. The number of ether oxygens (including phenoxy) is 3. The highest BCUT2D eigenvalue weighted by Gasteiger charge is 2.28. The maximum atomic E-state index is 12.3. The molecular formula is C17H17N3O5. The zero-order valence-corrected chi connectivity index (χ0v) is 13.8. The fraction of sp³-hybridized carbons (Fsp3) is 0.235. The smallest absolute Gasteiger partial charge is 0.266 e. The Kier molecular flexibility index (Phi) is 4.69. The minimum Gasteiger partial charge on any atom is -0.493 e. The van der Waals surface area contributed by atoms with E-state index in [-0.39, 0.29) is 25.0 Å². The molecule has 2 heterocycles. The molecule has 3 rings (SSSR count). The first-order valence-electron chi connectivity index (χ1n) is 7.52. The highest BCUT2D eigenvalue weighted by atomic mass is 16.5. The van der Waals surface area contributed by atoms with Gasteiger partial charge in [-0.25, -0.2) is 4.98 Å². The van der Waals surface area contributed by atoms with Crippen LogP contribution >= 0.6 is 0 Å². The summed E-state index contributed by atoms with van der Waals surface area (Å²) < 4.78 is 15.7. The van der Waals surface area contributed by atoms with Crippen molar-refractivity contribution in [1.82, 2.24) is 4.98 Å². The predicted octanol–water partition coefficient (Wildman–Crippen LogP) is 1.46. The van der Waals surface area contributed by atoms with E-state index in [1.807, 2.05) is 0 Å². The minimum absolute atomic E-state index is 0.123. The lowest BCUT2D eigenvalue weighted by Crippen LogP contribution is -2.43. The van der Waals surface area contributed by atoms with Crippen molar-refractivity contribution in [1.29, 1.82) is 0 Å². The van der Waals surface area contributed by atoms with Gasteiger partial charge in [0.05, 0.1) is 14.2 Å². The van der Waals surface area contributed by atoms with Crippen LogP contribution in [0.1, 0.15) is 0 Å². The van der Waals surface area contributed by atoms with Crippen molar-refractivity contribution in [2.75, 3.05) is 37.6 Å². The van der Waals surface area contributed by atoms with Crippen LogP contribution < -0.4 is 24.4 Å². The van der Waals surface area contributed by atoms with E-state index < -0.39 is 0 Å². The molecule has 1 aromatic heterocycles. The van der Waals surface area contributed by atoms with Crippen LogP contribution in [0.5, 0.6) is 17.2 Å². The van der Waals surface area contributed by atoms with E-state index in [1.54, 1.807) is 36.5 Å². The second-order valence-electron chi connectivity index (χ2n) is 5.21. The van der Waals surface area contributed by atoms with Crippen molar-refractivity contribution in [2.24, 2.45) is 0 Å². The maximum Gasteiger partial charge on any atom is 0.266 e. The second-order valence-corrected chi connectivity index (χ2v) is 5.21. The lowest BCUT2D eigenvalue weighted by molar-refractivity contribution is -0.123. The monoisotopic (exact) mass is 343 g/mol. The van der Waals surface area contributed by atoms with Crippen molar-refractivity contribution in [3.63, 3.8) is 0 Å². The number of fused-ring (bicyclic) bond motifs is 1. The number of rotatable bonds is 5. The molecule has 0 radical (unpaired) electrons. The number of hydrogen-bond acceptors (Lipinski definition) is 6. The fourth-order valence-corrected chi connectivity index (χ4v) is 2.45. The Bertz CT molecular complexity index is 809. The molecule has 0 atom stereocenters. The second kappa shape index (κ2) is 7.08. The van der Waals surface area contributed by atoms with E-state index >= 15 is 0 Å². The summed E-state index contributed by atoms with van der Waals surface area (Å²) in [5.41, 5.74) is 0.532. The molecule has 1 N–H and O–H groups in total. The van der Waals surface area contributed by atoms with Gasteiger partial charge in [-0.3, -0.25) is 14.5 Å². The number of amides is 2. The number of hydrogen-bond donors (Lipinski definition) is 1. The molecule has 1 aliphatic heterocycles. The van der Waals surface area contributed by atoms with Gasteiger partial charge in [0.15, 0.2) is 29.7 Å². The molecule has 8 heteroatoms. The first kappa shape index (κ1) is 16.6. The number of carbonyl (C=O) groups is 2. The summed E-state index contributed by atoms with van der Waals surface area (Å²) >= 11 is 0. The zero-order valence-electron chi connectivity index (χ0n) is 13.8. The number of pyridine rings is 1. The molecule has 130 valence electrons. The van der Waals surface area contributed by atoms with Crippen LogP contribution in [0.4, 0.5) is 11.5 Å². The molecule has 8 nitrogen and oxygen atoms in total. The third kappa shape index (κ3) is 3.47. The topological polar surface area (TPSA) is 90.0 Å². The number of nitrogens with zero attached hydrogens (tertiary/aromatic N) is 2. The van der Waals surface area contributed by atoms with Crippen LogP contribution in [0.3, 0.4) is 0 Å². The Morgan fingerprint density at radius 3 is 2.84 bits per heavy atom. The van der Waals surface area contributed by atoms with Gasteiger partial charge in [0.1, 0.15) is 6.54 Å². The first-order valence-corrected chi connectivity index (χ1v) is 7.52. The summed E-state index contributed by atoms with van der Waals surface area (Å²) in [6.45, 7) is -0.289. The molecule has 0 spiro atoms. The largest absolute Gasteiger partial charge is 0.493 e. The van der Waals surface area contributed by atoms with Gasteiger partial charge < -0.3 is 19.5 Å². The van der Waals surface area contributed by atoms with Gasteiger partial charge in [-0.05, 0) is 24.3 Å². The molecule has 1 aliphatic rings. The number of nitrogens with one attached hydrogen (secondary N) is 1. The molecule has 0 aliphatic carbocycles. The highest BCUT2D eigenvalue weighted by Crippen LogP contribution is 2.30. The van der Waals surface area contributed by atoms with Crippen LogP contribution in [0.25, 0.3) is 0 Å². The van der Waals surface area contributed by atoms with Crippen molar-refractivity contribution >= 4 is 23.3 Å². The third-order valence-corrected chi connectivity index (χ3v) is 3.63. The summed E-state index contributed by atoms with van der Waals surface area (Å²) in [5.74, 6) is 1.17. The summed E-state index contributed by atoms with van der Waals surface area (Å²) in [4.78, 5) is 29.8. The lowest BCUT2D eigenvalue weighted by Gasteiger charge is -2.27. The molecule has 2 aromatic rings. The molecule has 0 bridgehead atoms. The Labute approximate surface area is 144 Å². The van der Waals surface area contributed by atoms with E-state index in [4.69, 9.17) is 14.2 Å². The van der Waals surface area contributed by atoms with E-state index in [2.05, 4.69) is 10.3 Å². The summed E-state index contributed by atoms with van der Waals surface area (Å²) in [7, 11) is 3.04. The Morgan fingerprint density at radius 1 is 1.28 bits per heavy atom. The van der Waals surface area contributed by atoms with Gasteiger partial charge in [0.2, 0.25) is 5.91 Å². The normalized spacial score (nSPS) is 12.9. The summed E-state index contributed by atoms with van der Waals surface area (Å²) in [6, 6.07) is 8.42. The van der Waals surface area contributed by atoms with E-state index in [9.17, 15) is 9.59 Å². The van der Waals surface area contributed by atoms with Crippen LogP contribution in [0.2, 0.25) is 0 Å². The Hall–Kier alpha value is -3.29. The van der Waals surface area contributed by atoms with Crippen molar-refractivity contribution < 1.29 is 23.8 Å². The number of benzene rings is 1. The van der Waals surface area contributed by atoms with Crippen LogP contribution in [-0.2, 0) is 9.59 Å². The van der Waals surface area contributed by atoms with Crippen LogP contribution in [0, 0.1) is 0 Å². The average molecular weight is 343 g/mol.